The Morgan fingerprint density at radius 2 is 2.32 bits per heavy atom. The van der Waals surface area contributed by atoms with Crippen molar-refractivity contribution in [3.8, 4) is 5.88 Å². The molecule has 0 spiro atoms. The highest BCUT2D eigenvalue weighted by atomic mass is 16.5. The SMILES string of the molecule is CCOC(=O)c1cc2ccnc(OC3CC3)c2n1C. The van der Waals surface area contributed by atoms with Crippen LogP contribution in [0, 0.1) is 0 Å². The quantitative estimate of drug-likeness (QED) is 0.791. The van der Waals surface area contributed by atoms with Gasteiger partial charge in [-0.3, -0.25) is 0 Å². The number of aryl methyl sites for hydroxylation is 1. The van der Waals surface area contributed by atoms with Crippen molar-refractivity contribution >= 4 is 16.9 Å². The molecule has 1 saturated carbocycles. The number of carbonyl (C=O) groups is 1. The minimum absolute atomic E-state index is 0.277. The van der Waals surface area contributed by atoms with Gasteiger partial charge in [-0.05, 0) is 31.9 Å². The van der Waals surface area contributed by atoms with Crippen molar-refractivity contribution in [2.45, 2.75) is 25.9 Å². The summed E-state index contributed by atoms with van der Waals surface area (Å²) in [6.07, 6.45) is 4.13. The summed E-state index contributed by atoms with van der Waals surface area (Å²) < 4.78 is 12.6. The molecule has 1 fully saturated rings. The van der Waals surface area contributed by atoms with Crippen molar-refractivity contribution in [1.82, 2.24) is 9.55 Å². The molecule has 0 N–H and O–H groups in total. The second kappa shape index (κ2) is 4.57. The van der Waals surface area contributed by atoms with Crippen LogP contribution in [0.3, 0.4) is 0 Å². The Balaban J connectivity index is 2.06. The van der Waals surface area contributed by atoms with E-state index in [1.807, 2.05) is 19.2 Å². The summed E-state index contributed by atoms with van der Waals surface area (Å²) >= 11 is 0. The van der Waals surface area contributed by atoms with E-state index in [0.29, 0.717) is 18.2 Å². The average Bonchev–Trinajstić information content (AvgIpc) is 3.13. The molecule has 2 aromatic rings. The molecule has 19 heavy (non-hydrogen) atoms. The third kappa shape index (κ3) is 2.16. The van der Waals surface area contributed by atoms with Crippen molar-refractivity contribution in [2.75, 3.05) is 6.61 Å². The van der Waals surface area contributed by atoms with Gasteiger partial charge in [0.05, 0.1) is 6.61 Å². The summed E-state index contributed by atoms with van der Waals surface area (Å²) in [6, 6.07) is 3.69. The molecule has 2 heterocycles. The highest BCUT2D eigenvalue weighted by Crippen LogP contribution is 2.31. The molecular weight excluding hydrogens is 244 g/mol. The number of ether oxygens (including phenoxy) is 2. The first-order valence-electron chi connectivity index (χ1n) is 6.49. The second-order valence-electron chi connectivity index (χ2n) is 4.68. The molecule has 1 aliphatic rings. The van der Waals surface area contributed by atoms with E-state index in [0.717, 1.165) is 23.7 Å². The Kier molecular flexibility index (Phi) is 2.89. The average molecular weight is 260 g/mol. The Morgan fingerprint density at radius 1 is 1.53 bits per heavy atom. The molecule has 5 nitrogen and oxygen atoms in total. The van der Waals surface area contributed by atoms with Gasteiger partial charge in [0.25, 0.3) is 0 Å². The summed E-state index contributed by atoms with van der Waals surface area (Å²) in [5.41, 5.74) is 1.36. The van der Waals surface area contributed by atoms with E-state index in [4.69, 9.17) is 9.47 Å². The van der Waals surface area contributed by atoms with Gasteiger partial charge in [-0.2, -0.15) is 0 Å². The number of hydrogen-bond acceptors (Lipinski definition) is 4. The molecule has 0 aliphatic heterocycles. The summed E-state index contributed by atoms with van der Waals surface area (Å²) in [7, 11) is 1.83. The summed E-state index contributed by atoms with van der Waals surface area (Å²) in [5, 5.41) is 0.941. The van der Waals surface area contributed by atoms with Crippen LogP contribution in [-0.4, -0.2) is 28.2 Å². The van der Waals surface area contributed by atoms with E-state index in [-0.39, 0.29) is 12.1 Å². The maximum atomic E-state index is 11.9. The van der Waals surface area contributed by atoms with E-state index >= 15 is 0 Å². The van der Waals surface area contributed by atoms with Crippen LogP contribution < -0.4 is 4.74 Å². The van der Waals surface area contributed by atoms with Crippen molar-refractivity contribution in [1.29, 1.82) is 0 Å². The molecule has 0 amide bonds. The number of nitrogens with zero attached hydrogens (tertiary/aromatic N) is 2. The second-order valence-corrected chi connectivity index (χ2v) is 4.68. The summed E-state index contributed by atoms with van der Waals surface area (Å²) in [6.45, 7) is 2.16. The molecule has 3 rings (SSSR count). The molecule has 0 atom stereocenters. The Bertz CT molecular complexity index is 629. The Morgan fingerprint density at radius 3 is 3.00 bits per heavy atom. The van der Waals surface area contributed by atoms with Crippen molar-refractivity contribution in [2.24, 2.45) is 7.05 Å². The van der Waals surface area contributed by atoms with Crippen LogP contribution in [0.25, 0.3) is 10.9 Å². The van der Waals surface area contributed by atoms with Crippen LogP contribution in [0.2, 0.25) is 0 Å². The fraction of sp³-hybridized carbons (Fsp3) is 0.429. The molecule has 5 heteroatoms. The first kappa shape index (κ1) is 12.0. The zero-order valence-corrected chi connectivity index (χ0v) is 11.0. The van der Waals surface area contributed by atoms with Gasteiger partial charge >= 0.3 is 5.97 Å². The molecular formula is C14H16N2O3. The van der Waals surface area contributed by atoms with E-state index < -0.39 is 0 Å². The minimum atomic E-state index is -0.321. The third-order valence-corrected chi connectivity index (χ3v) is 3.20. The highest BCUT2D eigenvalue weighted by Gasteiger charge is 2.26. The van der Waals surface area contributed by atoms with Crippen LogP contribution in [0.5, 0.6) is 5.88 Å². The maximum absolute atomic E-state index is 11.9. The van der Waals surface area contributed by atoms with E-state index in [1.165, 1.54) is 0 Å². The minimum Gasteiger partial charge on any atom is -0.473 e. The Hall–Kier alpha value is -2.04. The van der Waals surface area contributed by atoms with Crippen LogP contribution >= 0.6 is 0 Å². The van der Waals surface area contributed by atoms with Gasteiger partial charge in [0.2, 0.25) is 5.88 Å². The molecule has 0 bridgehead atoms. The van der Waals surface area contributed by atoms with Crippen LogP contribution in [-0.2, 0) is 11.8 Å². The Labute approximate surface area is 111 Å². The maximum Gasteiger partial charge on any atom is 0.354 e. The van der Waals surface area contributed by atoms with Gasteiger partial charge in [0.15, 0.2) is 0 Å². The standard InChI is InChI=1S/C14H16N2O3/c1-3-18-14(17)11-8-9-6-7-15-13(12(9)16(11)2)19-10-4-5-10/h6-8,10H,3-5H2,1-2H3. The lowest BCUT2D eigenvalue weighted by Gasteiger charge is -2.07. The number of pyridine rings is 1. The molecule has 0 saturated heterocycles. The van der Waals surface area contributed by atoms with Crippen LogP contribution in [0.4, 0.5) is 0 Å². The number of aromatic nitrogens is 2. The van der Waals surface area contributed by atoms with Crippen molar-refractivity contribution < 1.29 is 14.3 Å². The topological polar surface area (TPSA) is 53.4 Å². The number of rotatable bonds is 4. The predicted octanol–water partition coefficient (Wildman–Crippen LogP) is 2.29. The van der Waals surface area contributed by atoms with E-state index in [1.54, 1.807) is 17.7 Å². The van der Waals surface area contributed by atoms with Crippen molar-refractivity contribution in [3.05, 3.63) is 24.0 Å². The largest absolute Gasteiger partial charge is 0.473 e. The smallest absolute Gasteiger partial charge is 0.354 e. The third-order valence-electron chi connectivity index (χ3n) is 3.20. The molecule has 0 radical (unpaired) electrons. The fourth-order valence-electron chi connectivity index (χ4n) is 2.10. The molecule has 100 valence electrons. The number of hydrogen-bond donors (Lipinski definition) is 0. The van der Waals surface area contributed by atoms with Gasteiger partial charge in [-0.25, -0.2) is 9.78 Å². The van der Waals surface area contributed by atoms with E-state index in [2.05, 4.69) is 4.98 Å². The summed E-state index contributed by atoms with van der Waals surface area (Å²) in [5.74, 6) is 0.275. The van der Waals surface area contributed by atoms with Gasteiger partial charge in [-0.1, -0.05) is 0 Å². The molecule has 1 aliphatic carbocycles. The van der Waals surface area contributed by atoms with Crippen molar-refractivity contribution in [3.63, 3.8) is 0 Å². The lowest BCUT2D eigenvalue weighted by atomic mass is 10.3. The normalized spacial score (nSPS) is 14.6. The van der Waals surface area contributed by atoms with Gasteiger partial charge in [0.1, 0.15) is 17.3 Å². The fourth-order valence-corrected chi connectivity index (χ4v) is 2.10. The lowest BCUT2D eigenvalue weighted by Crippen LogP contribution is -2.10. The highest BCUT2D eigenvalue weighted by molar-refractivity contribution is 5.97. The number of carbonyl (C=O) groups excluding carboxylic acids is 1. The monoisotopic (exact) mass is 260 g/mol. The molecule has 0 unspecified atom stereocenters. The van der Waals surface area contributed by atoms with E-state index in [9.17, 15) is 4.79 Å². The zero-order valence-electron chi connectivity index (χ0n) is 11.0. The van der Waals surface area contributed by atoms with Gasteiger partial charge < -0.3 is 14.0 Å². The lowest BCUT2D eigenvalue weighted by molar-refractivity contribution is 0.0516. The molecule has 0 aromatic carbocycles. The summed E-state index contributed by atoms with van der Waals surface area (Å²) in [4.78, 5) is 16.1. The first-order chi connectivity index (χ1) is 9.20. The number of esters is 1. The number of fused-ring (bicyclic) bond motifs is 1. The van der Waals surface area contributed by atoms with Crippen LogP contribution in [0.15, 0.2) is 18.3 Å². The predicted molar refractivity (Wildman–Crippen MR) is 70.3 cm³/mol. The molecule has 2 aromatic heterocycles. The van der Waals surface area contributed by atoms with Gasteiger partial charge in [0, 0.05) is 18.6 Å². The zero-order chi connectivity index (χ0) is 13.4. The van der Waals surface area contributed by atoms with Crippen LogP contribution in [0.1, 0.15) is 30.3 Å². The van der Waals surface area contributed by atoms with Gasteiger partial charge in [-0.15, -0.1) is 0 Å². The first-order valence-corrected chi connectivity index (χ1v) is 6.49.